The van der Waals surface area contributed by atoms with Crippen LogP contribution in [0.5, 0.6) is 0 Å². The van der Waals surface area contributed by atoms with Crippen LogP contribution in [0.2, 0.25) is 0 Å². The van der Waals surface area contributed by atoms with Crippen LogP contribution in [0.3, 0.4) is 0 Å². The second-order valence-corrected chi connectivity index (χ2v) is 5.68. The van der Waals surface area contributed by atoms with Crippen LogP contribution < -0.4 is 0 Å². The summed E-state index contributed by atoms with van der Waals surface area (Å²) in [6.45, 7) is 0. The molecule has 26 heavy (non-hydrogen) atoms. The van der Waals surface area contributed by atoms with E-state index < -0.39 is 4.92 Å². The van der Waals surface area contributed by atoms with Crippen LogP contribution in [0.1, 0.15) is 11.1 Å². The number of aromatic nitrogens is 2. The molecule has 0 radical (unpaired) electrons. The number of pyridine rings is 1. The first-order valence-corrected chi connectivity index (χ1v) is 8.03. The quantitative estimate of drug-likeness (QED) is 0.313. The van der Waals surface area contributed by atoms with Crippen LogP contribution in [-0.4, -0.2) is 20.0 Å². The highest BCUT2D eigenvalue weighted by atomic mass is 16.6. The van der Waals surface area contributed by atoms with Gasteiger partial charge in [-0.05, 0) is 11.0 Å². The summed E-state index contributed by atoms with van der Waals surface area (Å²) >= 11 is 0. The van der Waals surface area contributed by atoms with E-state index in [-0.39, 0.29) is 5.82 Å². The summed E-state index contributed by atoms with van der Waals surface area (Å²) < 4.78 is 1.44. The molecule has 2 aromatic heterocycles. The lowest BCUT2D eigenvalue weighted by atomic mass is 10.0. The highest BCUT2D eigenvalue weighted by Gasteiger charge is 2.14. The van der Waals surface area contributed by atoms with Gasteiger partial charge in [-0.25, -0.2) is 9.98 Å². The molecule has 0 fully saturated rings. The number of hydrogen-bond donors (Lipinski definition) is 0. The number of hydrogen-bond acceptors (Lipinski definition) is 4. The SMILES string of the molecule is O=[N+]([O-])c1cnc2ccc(N=C(c3ccccc3)c3ccccc3)cn12. The van der Waals surface area contributed by atoms with Crippen molar-refractivity contribution in [3.8, 4) is 0 Å². The Morgan fingerprint density at radius 1 is 0.923 bits per heavy atom. The smallest absolute Gasteiger partial charge is 0.347 e. The van der Waals surface area contributed by atoms with Gasteiger partial charge in [-0.15, -0.1) is 0 Å². The predicted molar refractivity (Wildman–Crippen MR) is 100 cm³/mol. The summed E-state index contributed by atoms with van der Waals surface area (Å²) in [4.78, 5) is 19.5. The molecule has 0 N–H and O–H groups in total. The van der Waals surface area contributed by atoms with Crippen LogP contribution in [0, 0.1) is 10.1 Å². The number of fused-ring (bicyclic) bond motifs is 1. The van der Waals surface area contributed by atoms with Gasteiger partial charge >= 0.3 is 5.82 Å². The van der Waals surface area contributed by atoms with Gasteiger partial charge in [-0.2, -0.15) is 4.40 Å². The Morgan fingerprint density at radius 3 is 2.12 bits per heavy atom. The average Bonchev–Trinajstić information content (AvgIpc) is 3.11. The third kappa shape index (κ3) is 2.95. The minimum absolute atomic E-state index is 0.0852. The molecule has 0 unspecified atom stereocenters. The molecule has 6 heteroatoms. The monoisotopic (exact) mass is 342 g/mol. The van der Waals surface area contributed by atoms with Gasteiger partial charge in [-0.1, -0.05) is 60.7 Å². The molecule has 2 heterocycles. The second-order valence-electron chi connectivity index (χ2n) is 5.68. The lowest BCUT2D eigenvalue weighted by Gasteiger charge is -2.07. The van der Waals surface area contributed by atoms with Gasteiger partial charge in [-0.3, -0.25) is 0 Å². The van der Waals surface area contributed by atoms with E-state index in [4.69, 9.17) is 4.99 Å². The van der Waals surface area contributed by atoms with Crippen LogP contribution in [0.25, 0.3) is 5.65 Å². The van der Waals surface area contributed by atoms with Crippen molar-refractivity contribution in [2.24, 2.45) is 4.99 Å². The first-order chi connectivity index (χ1) is 12.7. The summed E-state index contributed by atoms with van der Waals surface area (Å²) in [6, 6.07) is 23.2. The van der Waals surface area contributed by atoms with Crippen molar-refractivity contribution in [3.05, 3.63) is 106 Å². The number of imidazole rings is 1. The molecule has 6 nitrogen and oxygen atoms in total. The third-order valence-electron chi connectivity index (χ3n) is 3.99. The Bertz CT molecular complexity index is 1060. The van der Waals surface area contributed by atoms with Gasteiger partial charge in [0, 0.05) is 17.2 Å². The van der Waals surface area contributed by atoms with E-state index >= 15 is 0 Å². The minimum atomic E-state index is -0.456. The zero-order valence-electron chi connectivity index (χ0n) is 13.7. The van der Waals surface area contributed by atoms with E-state index in [1.807, 2.05) is 60.7 Å². The third-order valence-corrected chi connectivity index (χ3v) is 3.99. The highest BCUT2D eigenvalue weighted by molar-refractivity contribution is 6.13. The molecule has 0 bridgehead atoms. The molecule has 0 atom stereocenters. The molecule has 2 aromatic carbocycles. The highest BCUT2D eigenvalue weighted by Crippen LogP contribution is 2.22. The fourth-order valence-corrected chi connectivity index (χ4v) is 2.77. The van der Waals surface area contributed by atoms with Crippen molar-refractivity contribution in [2.75, 3.05) is 0 Å². The molecule has 0 spiro atoms. The Hall–Kier alpha value is -3.80. The summed E-state index contributed by atoms with van der Waals surface area (Å²) in [5.74, 6) is -0.0852. The molecule has 0 amide bonds. The summed E-state index contributed by atoms with van der Waals surface area (Å²) in [6.07, 6.45) is 2.88. The van der Waals surface area contributed by atoms with E-state index in [9.17, 15) is 10.1 Å². The Morgan fingerprint density at radius 2 is 1.54 bits per heavy atom. The van der Waals surface area contributed by atoms with E-state index in [0.717, 1.165) is 16.8 Å². The standard InChI is InChI=1S/C20H14N4O2/c25-24(26)19-13-21-18-12-11-17(14-23(18)19)22-20(15-7-3-1-4-8-15)16-9-5-2-6-10-16/h1-14H. The normalized spacial score (nSPS) is 10.6. The fraction of sp³-hybridized carbons (Fsp3) is 0. The van der Waals surface area contributed by atoms with Crippen LogP contribution in [0.4, 0.5) is 11.5 Å². The molecular formula is C20H14N4O2. The Kier molecular flexibility index (Phi) is 3.99. The largest absolute Gasteiger partial charge is 0.358 e. The summed E-state index contributed by atoms with van der Waals surface area (Å²) in [5.41, 5.74) is 3.86. The van der Waals surface area contributed by atoms with Crippen LogP contribution in [-0.2, 0) is 0 Å². The lowest BCUT2D eigenvalue weighted by molar-refractivity contribution is -0.390. The molecular weight excluding hydrogens is 328 g/mol. The van der Waals surface area contributed by atoms with Crippen molar-refractivity contribution >= 4 is 22.9 Å². The molecule has 0 aliphatic rings. The van der Waals surface area contributed by atoms with Crippen LogP contribution in [0.15, 0.2) is 90.2 Å². The van der Waals surface area contributed by atoms with Gasteiger partial charge in [0.2, 0.25) is 5.65 Å². The maximum atomic E-state index is 11.2. The molecule has 0 aliphatic heterocycles. The number of aliphatic imine (C=N–C) groups is 1. The second kappa shape index (κ2) is 6.60. The maximum Gasteiger partial charge on any atom is 0.347 e. The lowest BCUT2D eigenvalue weighted by Crippen LogP contribution is -2.02. The van der Waals surface area contributed by atoms with Gasteiger partial charge in [0.05, 0.1) is 5.71 Å². The zero-order chi connectivity index (χ0) is 17.9. The van der Waals surface area contributed by atoms with E-state index in [2.05, 4.69) is 4.98 Å². The Labute approximate surface area is 149 Å². The van der Waals surface area contributed by atoms with E-state index in [1.165, 1.54) is 10.6 Å². The first kappa shape index (κ1) is 15.7. The summed E-state index contributed by atoms with van der Waals surface area (Å²) in [5, 5.41) is 11.2. The number of nitro groups is 1. The summed E-state index contributed by atoms with van der Waals surface area (Å²) in [7, 11) is 0. The van der Waals surface area contributed by atoms with E-state index in [1.54, 1.807) is 18.3 Å². The van der Waals surface area contributed by atoms with Gasteiger partial charge in [0.25, 0.3) is 0 Å². The molecule has 0 aliphatic carbocycles. The van der Waals surface area contributed by atoms with Crippen LogP contribution >= 0.6 is 0 Å². The first-order valence-electron chi connectivity index (χ1n) is 8.03. The minimum Gasteiger partial charge on any atom is -0.358 e. The van der Waals surface area contributed by atoms with Gasteiger partial charge in [0.15, 0.2) is 0 Å². The number of benzene rings is 2. The van der Waals surface area contributed by atoms with Gasteiger partial charge < -0.3 is 10.1 Å². The molecule has 0 saturated carbocycles. The molecule has 126 valence electrons. The van der Waals surface area contributed by atoms with Gasteiger partial charge in [0.1, 0.15) is 18.1 Å². The number of rotatable bonds is 4. The molecule has 4 aromatic rings. The zero-order valence-corrected chi connectivity index (χ0v) is 13.7. The van der Waals surface area contributed by atoms with Crippen molar-refractivity contribution < 1.29 is 4.92 Å². The molecule has 0 saturated heterocycles. The average molecular weight is 342 g/mol. The molecule has 4 rings (SSSR count). The Balaban J connectivity index is 1.88. The maximum absolute atomic E-state index is 11.2. The van der Waals surface area contributed by atoms with Crippen molar-refractivity contribution in [3.63, 3.8) is 0 Å². The van der Waals surface area contributed by atoms with Crippen molar-refractivity contribution in [1.82, 2.24) is 9.38 Å². The topological polar surface area (TPSA) is 72.8 Å². The van der Waals surface area contributed by atoms with Crippen molar-refractivity contribution in [1.29, 1.82) is 0 Å². The van der Waals surface area contributed by atoms with E-state index in [0.29, 0.717) is 11.3 Å². The fourth-order valence-electron chi connectivity index (χ4n) is 2.77. The predicted octanol–water partition coefficient (Wildman–Crippen LogP) is 4.41. The van der Waals surface area contributed by atoms with Crippen molar-refractivity contribution in [2.45, 2.75) is 0 Å². The number of nitrogens with zero attached hydrogens (tertiary/aromatic N) is 4.